The number of nitrogens with zero attached hydrogens (tertiary/aromatic N) is 2. The summed E-state index contributed by atoms with van der Waals surface area (Å²) < 4.78 is 0. The van der Waals surface area contributed by atoms with Crippen LogP contribution in [0.15, 0.2) is 36.4 Å². The maximum absolute atomic E-state index is 12.6. The van der Waals surface area contributed by atoms with Gasteiger partial charge >= 0.3 is 11.8 Å². The molecule has 4 rings (SSSR count). The van der Waals surface area contributed by atoms with E-state index in [1.165, 1.54) is 29.7 Å². The molecule has 0 saturated carbocycles. The molecule has 32 heavy (non-hydrogen) atoms. The first-order valence-corrected chi connectivity index (χ1v) is 11.7. The molecule has 1 atom stereocenters. The first-order valence-electron chi connectivity index (χ1n) is 11.7. The lowest BCUT2D eigenvalue weighted by Gasteiger charge is -2.31. The minimum Gasteiger partial charge on any atom is -0.374 e. The zero-order chi connectivity index (χ0) is 22.7. The SMILES string of the molecule is Cc1ccc(NC(=O)C(=O)NCC(c2ccc3c(c2)CCCN3C)N2CCCC2)cc1C. The summed E-state index contributed by atoms with van der Waals surface area (Å²) >= 11 is 0. The van der Waals surface area contributed by atoms with Gasteiger partial charge in [-0.05, 0) is 93.1 Å². The Hall–Kier alpha value is -2.86. The van der Waals surface area contributed by atoms with Crippen molar-refractivity contribution in [1.82, 2.24) is 10.2 Å². The van der Waals surface area contributed by atoms with Crippen LogP contribution >= 0.6 is 0 Å². The Morgan fingerprint density at radius 1 is 0.938 bits per heavy atom. The van der Waals surface area contributed by atoms with Crippen LogP contribution in [0, 0.1) is 13.8 Å². The van der Waals surface area contributed by atoms with Crippen molar-refractivity contribution in [2.75, 3.05) is 43.4 Å². The molecule has 2 N–H and O–H groups in total. The van der Waals surface area contributed by atoms with Gasteiger partial charge in [0.15, 0.2) is 0 Å². The summed E-state index contributed by atoms with van der Waals surface area (Å²) in [5.74, 6) is -1.22. The van der Waals surface area contributed by atoms with Crippen LogP contribution in [-0.4, -0.2) is 49.9 Å². The maximum Gasteiger partial charge on any atom is 0.313 e. The summed E-state index contributed by atoms with van der Waals surface area (Å²) in [6.07, 6.45) is 4.60. The minimum atomic E-state index is -0.625. The number of likely N-dealkylation sites (tertiary alicyclic amines) is 1. The van der Waals surface area contributed by atoms with Crippen molar-refractivity contribution in [3.63, 3.8) is 0 Å². The van der Waals surface area contributed by atoms with Crippen LogP contribution in [0.4, 0.5) is 11.4 Å². The van der Waals surface area contributed by atoms with Crippen molar-refractivity contribution in [1.29, 1.82) is 0 Å². The highest BCUT2D eigenvalue weighted by molar-refractivity contribution is 6.39. The Balaban J connectivity index is 1.44. The normalized spacial score (nSPS) is 17.0. The third kappa shape index (κ3) is 4.96. The summed E-state index contributed by atoms with van der Waals surface area (Å²) in [5.41, 5.74) is 6.77. The fourth-order valence-corrected chi connectivity index (χ4v) is 4.80. The summed E-state index contributed by atoms with van der Waals surface area (Å²) in [7, 11) is 2.14. The number of fused-ring (bicyclic) bond motifs is 1. The quantitative estimate of drug-likeness (QED) is 0.706. The molecular formula is C26H34N4O2. The Kier molecular flexibility index (Phi) is 6.80. The average molecular weight is 435 g/mol. The standard InChI is InChI=1S/C26H34N4O2/c1-18-8-10-22(15-19(18)2)28-26(32)25(31)27-17-24(30-13-4-5-14-30)21-9-11-23-20(16-21)7-6-12-29(23)3/h8-11,15-16,24H,4-7,12-14,17H2,1-3H3,(H,27,31)(H,28,32). The van der Waals surface area contributed by atoms with Crippen molar-refractivity contribution in [3.8, 4) is 0 Å². The number of carbonyl (C=O) groups excluding carboxylic acids is 2. The van der Waals surface area contributed by atoms with Gasteiger partial charge in [-0.3, -0.25) is 14.5 Å². The van der Waals surface area contributed by atoms with E-state index in [-0.39, 0.29) is 6.04 Å². The topological polar surface area (TPSA) is 64.7 Å². The number of rotatable bonds is 5. The van der Waals surface area contributed by atoms with E-state index in [1.54, 1.807) is 0 Å². The number of benzene rings is 2. The molecule has 1 saturated heterocycles. The number of amides is 2. The number of hydrogen-bond acceptors (Lipinski definition) is 4. The molecule has 2 aliphatic heterocycles. The lowest BCUT2D eigenvalue weighted by atomic mass is 9.96. The van der Waals surface area contributed by atoms with Crippen molar-refractivity contribution in [2.24, 2.45) is 0 Å². The third-order valence-electron chi connectivity index (χ3n) is 6.85. The fraction of sp³-hybridized carbons (Fsp3) is 0.462. The first kappa shape index (κ1) is 22.3. The Morgan fingerprint density at radius 2 is 1.72 bits per heavy atom. The second-order valence-corrected chi connectivity index (χ2v) is 9.14. The zero-order valence-corrected chi connectivity index (χ0v) is 19.4. The average Bonchev–Trinajstić information content (AvgIpc) is 3.31. The van der Waals surface area contributed by atoms with Crippen LogP contribution in [-0.2, 0) is 16.0 Å². The molecule has 0 aliphatic carbocycles. The number of anilines is 2. The van der Waals surface area contributed by atoms with E-state index in [1.807, 2.05) is 32.0 Å². The van der Waals surface area contributed by atoms with E-state index in [2.05, 4.69) is 45.7 Å². The van der Waals surface area contributed by atoms with Crippen molar-refractivity contribution in [2.45, 2.75) is 45.6 Å². The van der Waals surface area contributed by atoms with Gasteiger partial charge in [0.25, 0.3) is 0 Å². The largest absolute Gasteiger partial charge is 0.374 e. The van der Waals surface area contributed by atoms with Gasteiger partial charge in [0.1, 0.15) is 0 Å². The molecule has 2 heterocycles. The van der Waals surface area contributed by atoms with Gasteiger partial charge in [-0.25, -0.2) is 0 Å². The van der Waals surface area contributed by atoms with Gasteiger partial charge < -0.3 is 15.5 Å². The van der Waals surface area contributed by atoms with E-state index in [0.717, 1.165) is 43.6 Å². The van der Waals surface area contributed by atoms with Gasteiger partial charge in [0, 0.05) is 31.5 Å². The molecule has 1 fully saturated rings. The molecule has 0 bridgehead atoms. The molecule has 2 amide bonds. The zero-order valence-electron chi connectivity index (χ0n) is 19.4. The molecule has 2 aliphatic rings. The van der Waals surface area contributed by atoms with E-state index < -0.39 is 11.8 Å². The Bertz CT molecular complexity index is 997. The van der Waals surface area contributed by atoms with E-state index in [9.17, 15) is 9.59 Å². The monoisotopic (exact) mass is 434 g/mol. The Labute approximate surface area is 191 Å². The molecule has 2 aromatic carbocycles. The van der Waals surface area contributed by atoms with Crippen molar-refractivity contribution >= 4 is 23.2 Å². The van der Waals surface area contributed by atoms with Gasteiger partial charge in [0.2, 0.25) is 0 Å². The van der Waals surface area contributed by atoms with Crippen LogP contribution in [0.25, 0.3) is 0 Å². The van der Waals surface area contributed by atoms with Crippen LogP contribution in [0.3, 0.4) is 0 Å². The molecular weight excluding hydrogens is 400 g/mol. The van der Waals surface area contributed by atoms with Gasteiger partial charge in [-0.1, -0.05) is 18.2 Å². The summed E-state index contributed by atoms with van der Waals surface area (Å²) in [4.78, 5) is 29.8. The molecule has 6 nitrogen and oxygen atoms in total. The summed E-state index contributed by atoms with van der Waals surface area (Å²) in [6, 6.07) is 12.4. The number of hydrogen-bond donors (Lipinski definition) is 2. The van der Waals surface area contributed by atoms with Crippen LogP contribution in [0.5, 0.6) is 0 Å². The first-order chi connectivity index (χ1) is 15.4. The highest BCUT2D eigenvalue weighted by Crippen LogP contribution is 2.31. The summed E-state index contributed by atoms with van der Waals surface area (Å²) in [6.45, 7) is 7.56. The number of carbonyl (C=O) groups is 2. The maximum atomic E-state index is 12.6. The lowest BCUT2D eigenvalue weighted by molar-refractivity contribution is -0.136. The summed E-state index contributed by atoms with van der Waals surface area (Å²) in [5, 5.41) is 5.61. The fourth-order valence-electron chi connectivity index (χ4n) is 4.80. The molecule has 0 radical (unpaired) electrons. The van der Waals surface area contributed by atoms with Crippen LogP contribution < -0.4 is 15.5 Å². The second-order valence-electron chi connectivity index (χ2n) is 9.14. The van der Waals surface area contributed by atoms with Gasteiger partial charge in [-0.2, -0.15) is 0 Å². The highest BCUT2D eigenvalue weighted by Gasteiger charge is 2.26. The van der Waals surface area contributed by atoms with E-state index in [4.69, 9.17) is 0 Å². The number of aryl methyl sites for hydroxylation is 3. The van der Waals surface area contributed by atoms with Gasteiger partial charge in [-0.15, -0.1) is 0 Å². The Morgan fingerprint density at radius 3 is 2.47 bits per heavy atom. The highest BCUT2D eigenvalue weighted by atomic mass is 16.2. The smallest absolute Gasteiger partial charge is 0.313 e. The van der Waals surface area contributed by atoms with Crippen LogP contribution in [0.2, 0.25) is 0 Å². The second kappa shape index (κ2) is 9.74. The molecule has 2 aromatic rings. The minimum absolute atomic E-state index is 0.0772. The van der Waals surface area contributed by atoms with Crippen molar-refractivity contribution < 1.29 is 9.59 Å². The molecule has 6 heteroatoms. The molecule has 0 aromatic heterocycles. The lowest BCUT2D eigenvalue weighted by Crippen LogP contribution is -2.41. The van der Waals surface area contributed by atoms with Crippen molar-refractivity contribution in [3.05, 3.63) is 58.7 Å². The molecule has 170 valence electrons. The predicted molar refractivity (Wildman–Crippen MR) is 129 cm³/mol. The molecule has 0 spiro atoms. The predicted octanol–water partition coefficient (Wildman–Crippen LogP) is 3.58. The van der Waals surface area contributed by atoms with E-state index >= 15 is 0 Å². The number of nitrogens with one attached hydrogen (secondary N) is 2. The van der Waals surface area contributed by atoms with E-state index in [0.29, 0.717) is 12.2 Å². The molecule has 1 unspecified atom stereocenters. The third-order valence-corrected chi connectivity index (χ3v) is 6.85. The van der Waals surface area contributed by atoms with Crippen LogP contribution in [0.1, 0.15) is 47.6 Å². The van der Waals surface area contributed by atoms with Gasteiger partial charge in [0.05, 0.1) is 6.04 Å².